The molecule has 1 fully saturated rings. The average Bonchev–Trinajstić information content (AvgIpc) is 3.02. The van der Waals surface area contributed by atoms with Crippen molar-refractivity contribution in [3.8, 4) is 11.5 Å². The second kappa shape index (κ2) is 8.71. The third-order valence-corrected chi connectivity index (χ3v) is 4.51. The molecule has 7 nitrogen and oxygen atoms in total. The fraction of sp³-hybridized carbons (Fsp3) is 0.556. The number of nitrogens with one attached hydrogen (secondary N) is 1. The monoisotopic (exact) mass is 349 g/mol. The molecule has 1 aliphatic heterocycles. The van der Waals surface area contributed by atoms with Gasteiger partial charge in [-0.1, -0.05) is 6.92 Å². The van der Waals surface area contributed by atoms with E-state index < -0.39 is 0 Å². The molecule has 1 aromatic rings. The Balaban J connectivity index is 2.01. The number of anilines is 1. The van der Waals surface area contributed by atoms with Crippen LogP contribution in [0.25, 0.3) is 0 Å². The van der Waals surface area contributed by atoms with Crippen LogP contribution in [0, 0.1) is 5.92 Å². The Bertz CT molecular complexity index is 620. The van der Waals surface area contributed by atoms with Crippen LogP contribution in [-0.2, 0) is 9.59 Å². The number of rotatable bonds is 8. The van der Waals surface area contributed by atoms with Gasteiger partial charge >= 0.3 is 0 Å². The minimum atomic E-state index is -0.341. The predicted molar refractivity (Wildman–Crippen MR) is 96.2 cm³/mol. The summed E-state index contributed by atoms with van der Waals surface area (Å²) in [5, 5.41) is 2.92. The number of carbonyl (C=O) groups excluding carboxylic acids is 2. The van der Waals surface area contributed by atoms with Crippen molar-refractivity contribution in [2.45, 2.75) is 13.3 Å². The first-order valence-corrected chi connectivity index (χ1v) is 8.48. The SMILES string of the molecule is CCN(C)CCNC(=O)[C@@H]1CC(=O)N(c2ccc(OC)cc2OC)C1. The van der Waals surface area contributed by atoms with Crippen LogP contribution >= 0.6 is 0 Å². The number of methoxy groups -OCH3 is 2. The maximum absolute atomic E-state index is 12.4. The van der Waals surface area contributed by atoms with Gasteiger partial charge in [-0.2, -0.15) is 0 Å². The number of amides is 2. The molecule has 0 radical (unpaired) electrons. The quantitative estimate of drug-likeness (QED) is 0.762. The third kappa shape index (κ3) is 4.63. The van der Waals surface area contributed by atoms with E-state index in [-0.39, 0.29) is 24.2 Å². The van der Waals surface area contributed by atoms with Crippen LogP contribution in [0.3, 0.4) is 0 Å². The van der Waals surface area contributed by atoms with Crippen molar-refractivity contribution in [1.82, 2.24) is 10.2 Å². The molecular weight excluding hydrogens is 322 g/mol. The van der Waals surface area contributed by atoms with Crippen molar-refractivity contribution in [3.05, 3.63) is 18.2 Å². The zero-order chi connectivity index (χ0) is 18.4. The van der Waals surface area contributed by atoms with Crippen LogP contribution in [-0.4, -0.2) is 64.2 Å². The Morgan fingerprint density at radius 2 is 2.12 bits per heavy atom. The Labute approximate surface area is 148 Å². The molecule has 0 aromatic heterocycles. The summed E-state index contributed by atoms with van der Waals surface area (Å²) < 4.78 is 10.5. The van der Waals surface area contributed by atoms with Gasteiger partial charge in [0.2, 0.25) is 11.8 Å². The Hall–Kier alpha value is -2.28. The average molecular weight is 349 g/mol. The normalized spacial score (nSPS) is 17.1. The first-order chi connectivity index (χ1) is 12.0. The molecule has 1 aliphatic rings. The van der Waals surface area contributed by atoms with Crippen LogP contribution in [0.1, 0.15) is 13.3 Å². The van der Waals surface area contributed by atoms with E-state index in [2.05, 4.69) is 17.1 Å². The highest BCUT2D eigenvalue weighted by molar-refractivity contribution is 6.01. The third-order valence-electron chi connectivity index (χ3n) is 4.51. The molecule has 0 spiro atoms. The summed E-state index contributed by atoms with van der Waals surface area (Å²) in [4.78, 5) is 28.5. The summed E-state index contributed by atoms with van der Waals surface area (Å²) >= 11 is 0. The van der Waals surface area contributed by atoms with Gasteiger partial charge in [-0.05, 0) is 25.7 Å². The van der Waals surface area contributed by atoms with Crippen LogP contribution in [0.2, 0.25) is 0 Å². The predicted octanol–water partition coefficient (Wildman–Crippen LogP) is 1.12. The molecule has 138 valence electrons. The standard InChI is InChI=1S/C18H27N3O4/c1-5-20(2)9-8-19-18(23)13-10-17(22)21(12-13)15-7-6-14(24-3)11-16(15)25-4/h6-7,11,13H,5,8-10,12H2,1-4H3,(H,19,23)/t13-/m1/s1. The highest BCUT2D eigenvalue weighted by Gasteiger charge is 2.36. The molecule has 0 bridgehead atoms. The number of ether oxygens (including phenoxy) is 2. The molecule has 7 heteroatoms. The first kappa shape index (κ1) is 19.1. The fourth-order valence-electron chi connectivity index (χ4n) is 2.80. The van der Waals surface area contributed by atoms with E-state index in [1.807, 2.05) is 7.05 Å². The minimum Gasteiger partial charge on any atom is -0.497 e. The van der Waals surface area contributed by atoms with Gasteiger partial charge in [0.25, 0.3) is 0 Å². The van der Waals surface area contributed by atoms with Crippen molar-refractivity contribution >= 4 is 17.5 Å². The summed E-state index contributed by atoms with van der Waals surface area (Å²) in [5.74, 6) is 0.716. The maximum Gasteiger partial charge on any atom is 0.227 e. The molecule has 0 saturated carbocycles. The van der Waals surface area contributed by atoms with E-state index in [1.54, 1.807) is 37.3 Å². The minimum absolute atomic E-state index is 0.0747. The maximum atomic E-state index is 12.4. The zero-order valence-electron chi connectivity index (χ0n) is 15.4. The van der Waals surface area contributed by atoms with Crippen molar-refractivity contribution in [2.75, 3.05) is 52.3 Å². The van der Waals surface area contributed by atoms with E-state index in [9.17, 15) is 9.59 Å². The van der Waals surface area contributed by atoms with Crippen LogP contribution in [0.4, 0.5) is 5.69 Å². The first-order valence-electron chi connectivity index (χ1n) is 8.48. The molecule has 1 saturated heterocycles. The molecule has 25 heavy (non-hydrogen) atoms. The molecule has 0 aliphatic carbocycles. The summed E-state index contributed by atoms with van der Waals surface area (Å²) in [7, 11) is 5.13. The molecule has 1 atom stereocenters. The van der Waals surface area contributed by atoms with Crippen molar-refractivity contribution in [2.24, 2.45) is 5.92 Å². The molecule has 1 heterocycles. The lowest BCUT2D eigenvalue weighted by Crippen LogP contribution is -2.37. The highest BCUT2D eigenvalue weighted by Crippen LogP contribution is 2.35. The number of carbonyl (C=O) groups is 2. The Morgan fingerprint density at radius 3 is 2.76 bits per heavy atom. The topological polar surface area (TPSA) is 71.1 Å². The van der Waals surface area contributed by atoms with E-state index in [4.69, 9.17) is 9.47 Å². The number of likely N-dealkylation sites (N-methyl/N-ethyl adjacent to an activating group) is 1. The van der Waals surface area contributed by atoms with E-state index in [1.165, 1.54) is 0 Å². The second-order valence-electron chi connectivity index (χ2n) is 6.13. The molecule has 1 aromatic carbocycles. The van der Waals surface area contributed by atoms with Gasteiger partial charge in [-0.25, -0.2) is 0 Å². The van der Waals surface area contributed by atoms with Gasteiger partial charge in [-0.15, -0.1) is 0 Å². The van der Waals surface area contributed by atoms with E-state index in [0.29, 0.717) is 30.3 Å². The van der Waals surface area contributed by atoms with Gasteiger partial charge in [-0.3, -0.25) is 9.59 Å². The molecule has 0 unspecified atom stereocenters. The Kier molecular flexibility index (Phi) is 6.64. The van der Waals surface area contributed by atoms with Gasteiger partial charge in [0, 0.05) is 32.1 Å². The van der Waals surface area contributed by atoms with Gasteiger partial charge in [0.1, 0.15) is 11.5 Å². The van der Waals surface area contributed by atoms with Gasteiger partial charge in [0.15, 0.2) is 0 Å². The zero-order valence-corrected chi connectivity index (χ0v) is 15.4. The number of benzene rings is 1. The lowest BCUT2D eigenvalue weighted by atomic mass is 10.1. The summed E-state index contributed by atoms with van der Waals surface area (Å²) in [6.07, 6.45) is 0.213. The van der Waals surface area contributed by atoms with Crippen molar-refractivity contribution in [3.63, 3.8) is 0 Å². The van der Waals surface area contributed by atoms with E-state index >= 15 is 0 Å². The van der Waals surface area contributed by atoms with Crippen molar-refractivity contribution in [1.29, 1.82) is 0 Å². The summed E-state index contributed by atoms with van der Waals surface area (Å²) in [5.41, 5.74) is 0.661. The highest BCUT2D eigenvalue weighted by atomic mass is 16.5. The van der Waals surface area contributed by atoms with Crippen LogP contribution in [0.15, 0.2) is 18.2 Å². The fourth-order valence-corrected chi connectivity index (χ4v) is 2.80. The van der Waals surface area contributed by atoms with Gasteiger partial charge < -0.3 is 24.6 Å². The second-order valence-corrected chi connectivity index (χ2v) is 6.13. The van der Waals surface area contributed by atoms with E-state index in [0.717, 1.165) is 13.1 Å². The van der Waals surface area contributed by atoms with Crippen molar-refractivity contribution < 1.29 is 19.1 Å². The number of hydrogen-bond donors (Lipinski definition) is 1. The Morgan fingerprint density at radius 1 is 1.36 bits per heavy atom. The van der Waals surface area contributed by atoms with Gasteiger partial charge in [0.05, 0.1) is 25.8 Å². The molecular formula is C18H27N3O4. The molecule has 2 rings (SSSR count). The largest absolute Gasteiger partial charge is 0.497 e. The summed E-state index contributed by atoms with van der Waals surface area (Å²) in [6, 6.07) is 5.29. The molecule has 1 N–H and O–H groups in total. The smallest absolute Gasteiger partial charge is 0.227 e. The lowest BCUT2D eigenvalue weighted by Gasteiger charge is -2.20. The van der Waals surface area contributed by atoms with Crippen LogP contribution < -0.4 is 19.7 Å². The number of nitrogens with zero attached hydrogens (tertiary/aromatic N) is 2. The lowest BCUT2D eigenvalue weighted by molar-refractivity contribution is -0.126. The number of hydrogen-bond acceptors (Lipinski definition) is 5. The molecule has 2 amide bonds. The summed E-state index contributed by atoms with van der Waals surface area (Å²) in [6.45, 7) is 4.73. The van der Waals surface area contributed by atoms with Crippen LogP contribution in [0.5, 0.6) is 11.5 Å².